The van der Waals surface area contributed by atoms with E-state index in [9.17, 15) is 9.59 Å². The van der Waals surface area contributed by atoms with Crippen molar-refractivity contribution in [3.8, 4) is 0 Å². The molecular weight excluding hydrogens is 190 g/mol. The van der Waals surface area contributed by atoms with Gasteiger partial charge in [0, 0.05) is 6.42 Å². The summed E-state index contributed by atoms with van der Waals surface area (Å²) in [5.41, 5.74) is 0. The third-order valence-electron chi connectivity index (χ3n) is 2.60. The molecule has 0 aromatic carbocycles. The number of nitrogens with one attached hydrogen (secondary N) is 1. The van der Waals surface area contributed by atoms with Gasteiger partial charge in [-0.05, 0) is 12.8 Å². The fourth-order valence-electron chi connectivity index (χ4n) is 1.68. The summed E-state index contributed by atoms with van der Waals surface area (Å²) >= 11 is 0. The highest BCUT2D eigenvalue weighted by molar-refractivity contribution is 6.04. The minimum Gasteiger partial charge on any atom is -0.296 e. The fourth-order valence-corrected chi connectivity index (χ4v) is 1.68. The van der Waals surface area contributed by atoms with Crippen LogP contribution in [0.15, 0.2) is 12.2 Å². The van der Waals surface area contributed by atoms with E-state index >= 15 is 0 Å². The monoisotopic (exact) mass is 209 g/mol. The number of allylic oxidation sites excluding steroid dienone is 1. The predicted octanol–water partition coefficient (Wildman–Crippen LogP) is 2.18. The lowest BCUT2D eigenvalue weighted by molar-refractivity contribution is -0.125. The number of unbranched alkanes of at least 4 members (excludes halogenated alkanes) is 4. The van der Waals surface area contributed by atoms with E-state index in [1.165, 1.54) is 25.7 Å². The molecule has 0 spiro atoms. The standard InChI is InChI=1S/C12H19NO2/c1-2-3-4-5-6-7-8-10-9-11(14)13-12(10)15/h7-8,10H,2-6,9H2,1H3,(H,13,14,15). The molecule has 0 radical (unpaired) electrons. The highest BCUT2D eigenvalue weighted by Gasteiger charge is 2.27. The highest BCUT2D eigenvalue weighted by Crippen LogP contribution is 2.13. The zero-order valence-corrected chi connectivity index (χ0v) is 9.29. The van der Waals surface area contributed by atoms with Crippen LogP contribution in [-0.4, -0.2) is 11.8 Å². The van der Waals surface area contributed by atoms with E-state index in [1.807, 2.05) is 12.2 Å². The third kappa shape index (κ3) is 4.28. The van der Waals surface area contributed by atoms with Gasteiger partial charge in [-0.1, -0.05) is 38.3 Å². The molecule has 1 aliphatic rings. The summed E-state index contributed by atoms with van der Waals surface area (Å²) in [7, 11) is 0. The number of hydrogen-bond acceptors (Lipinski definition) is 2. The summed E-state index contributed by atoms with van der Waals surface area (Å²) < 4.78 is 0. The molecule has 1 N–H and O–H groups in total. The van der Waals surface area contributed by atoms with Crippen LogP contribution in [0.1, 0.15) is 45.4 Å². The Morgan fingerprint density at radius 2 is 2.13 bits per heavy atom. The summed E-state index contributed by atoms with van der Waals surface area (Å²) in [5.74, 6) is -0.519. The minimum atomic E-state index is -0.219. The molecule has 0 saturated carbocycles. The van der Waals surface area contributed by atoms with Gasteiger partial charge < -0.3 is 0 Å². The Labute approximate surface area is 90.9 Å². The zero-order valence-electron chi connectivity index (χ0n) is 9.29. The fraction of sp³-hybridized carbons (Fsp3) is 0.667. The molecule has 1 atom stereocenters. The van der Waals surface area contributed by atoms with Crippen molar-refractivity contribution in [3.05, 3.63) is 12.2 Å². The van der Waals surface area contributed by atoms with Crippen molar-refractivity contribution in [2.24, 2.45) is 5.92 Å². The molecule has 1 rings (SSSR count). The first-order valence-electron chi connectivity index (χ1n) is 5.74. The average molecular weight is 209 g/mol. The molecule has 0 bridgehead atoms. The van der Waals surface area contributed by atoms with Crippen LogP contribution in [0.25, 0.3) is 0 Å². The second kappa shape index (κ2) is 6.38. The van der Waals surface area contributed by atoms with Gasteiger partial charge in [-0.2, -0.15) is 0 Å². The lowest BCUT2D eigenvalue weighted by Gasteiger charge is -1.97. The molecule has 1 unspecified atom stereocenters. The summed E-state index contributed by atoms with van der Waals surface area (Å²) in [6.07, 6.45) is 10.2. The molecule has 3 nitrogen and oxygen atoms in total. The topological polar surface area (TPSA) is 46.2 Å². The predicted molar refractivity (Wildman–Crippen MR) is 59.2 cm³/mol. The van der Waals surface area contributed by atoms with Crippen LogP contribution in [0.5, 0.6) is 0 Å². The van der Waals surface area contributed by atoms with Gasteiger partial charge in [-0.15, -0.1) is 0 Å². The van der Waals surface area contributed by atoms with Gasteiger partial charge in [0.25, 0.3) is 0 Å². The smallest absolute Gasteiger partial charge is 0.233 e. The van der Waals surface area contributed by atoms with Crippen molar-refractivity contribution in [2.45, 2.75) is 45.4 Å². The highest BCUT2D eigenvalue weighted by atomic mass is 16.2. The number of imide groups is 1. The van der Waals surface area contributed by atoms with E-state index in [0.29, 0.717) is 6.42 Å². The first kappa shape index (κ1) is 12.0. The maximum atomic E-state index is 11.2. The quantitative estimate of drug-likeness (QED) is 0.414. The van der Waals surface area contributed by atoms with E-state index in [1.54, 1.807) is 0 Å². The van der Waals surface area contributed by atoms with E-state index in [-0.39, 0.29) is 17.7 Å². The van der Waals surface area contributed by atoms with Crippen LogP contribution in [-0.2, 0) is 9.59 Å². The van der Waals surface area contributed by atoms with Crippen molar-refractivity contribution in [2.75, 3.05) is 0 Å². The number of carbonyl (C=O) groups is 2. The Balaban J connectivity index is 2.15. The normalized spacial score (nSPS) is 21.3. The van der Waals surface area contributed by atoms with E-state index in [0.717, 1.165) is 6.42 Å². The molecular formula is C12H19NO2. The van der Waals surface area contributed by atoms with Crippen LogP contribution in [0.2, 0.25) is 0 Å². The van der Waals surface area contributed by atoms with Gasteiger partial charge in [0.2, 0.25) is 11.8 Å². The van der Waals surface area contributed by atoms with Crippen LogP contribution in [0, 0.1) is 5.92 Å². The number of hydrogen-bond donors (Lipinski definition) is 1. The van der Waals surface area contributed by atoms with Crippen molar-refractivity contribution >= 4 is 11.8 Å². The molecule has 1 heterocycles. The van der Waals surface area contributed by atoms with Gasteiger partial charge in [0.05, 0.1) is 5.92 Å². The van der Waals surface area contributed by atoms with Crippen molar-refractivity contribution in [3.63, 3.8) is 0 Å². The lowest BCUT2D eigenvalue weighted by Crippen LogP contribution is -2.21. The molecule has 1 saturated heterocycles. The van der Waals surface area contributed by atoms with E-state index in [2.05, 4.69) is 12.2 Å². The third-order valence-corrected chi connectivity index (χ3v) is 2.60. The van der Waals surface area contributed by atoms with Crippen LogP contribution in [0.3, 0.4) is 0 Å². The van der Waals surface area contributed by atoms with Crippen LogP contribution < -0.4 is 5.32 Å². The Bertz CT molecular complexity index is 258. The van der Waals surface area contributed by atoms with Crippen LogP contribution >= 0.6 is 0 Å². The van der Waals surface area contributed by atoms with Gasteiger partial charge in [-0.25, -0.2) is 0 Å². The van der Waals surface area contributed by atoms with E-state index < -0.39 is 0 Å². The number of rotatable bonds is 6. The largest absolute Gasteiger partial charge is 0.296 e. The Kier molecular flexibility index (Phi) is 5.08. The van der Waals surface area contributed by atoms with Gasteiger partial charge in [0.15, 0.2) is 0 Å². The second-order valence-electron chi connectivity index (χ2n) is 4.00. The Morgan fingerprint density at radius 1 is 1.33 bits per heavy atom. The molecule has 0 aliphatic carbocycles. The SMILES string of the molecule is CCCCCCC=CC1CC(=O)NC1=O. The van der Waals surface area contributed by atoms with Crippen molar-refractivity contribution < 1.29 is 9.59 Å². The van der Waals surface area contributed by atoms with Crippen molar-refractivity contribution in [1.82, 2.24) is 5.32 Å². The Hall–Kier alpha value is -1.12. The molecule has 0 aromatic rings. The first-order chi connectivity index (χ1) is 7.24. The summed E-state index contributed by atoms with van der Waals surface area (Å²) in [6, 6.07) is 0. The summed E-state index contributed by atoms with van der Waals surface area (Å²) in [5, 5.41) is 2.30. The molecule has 15 heavy (non-hydrogen) atoms. The minimum absolute atomic E-state index is 0.148. The van der Waals surface area contributed by atoms with E-state index in [4.69, 9.17) is 0 Å². The lowest BCUT2D eigenvalue weighted by atomic mass is 10.1. The molecule has 1 aliphatic heterocycles. The zero-order chi connectivity index (χ0) is 11.1. The number of carbonyl (C=O) groups excluding carboxylic acids is 2. The summed E-state index contributed by atoms with van der Waals surface area (Å²) in [6.45, 7) is 2.18. The maximum Gasteiger partial charge on any atom is 0.233 e. The average Bonchev–Trinajstić information content (AvgIpc) is 2.51. The van der Waals surface area contributed by atoms with Gasteiger partial charge >= 0.3 is 0 Å². The molecule has 2 amide bonds. The molecule has 3 heteroatoms. The van der Waals surface area contributed by atoms with Gasteiger partial charge in [-0.3, -0.25) is 14.9 Å². The van der Waals surface area contributed by atoms with Crippen molar-refractivity contribution in [1.29, 1.82) is 0 Å². The van der Waals surface area contributed by atoms with Crippen LogP contribution in [0.4, 0.5) is 0 Å². The molecule has 84 valence electrons. The first-order valence-corrected chi connectivity index (χ1v) is 5.74. The maximum absolute atomic E-state index is 11.2. The Morgan fingerprint density at radius 3 is 2.73 bits per heavy atom. The molecule has 1 fully saturated rings. The summed E-state index contributed by atoms with van der Waals surface area (Å²) in [4.78, 5) is 22.0. The second-order valence-corrected chi connectivity index (χ2v) is 4.00. The number of amides is 2. The molecule has 0 aromatic heterocycles. The van der Waals surface area contributed by atoms with Gasteiger partial charge in [0.1, 0.15) is 0 Å².